The highest BCUT2D eigenvalue weighted by Gasteiger charge is 2.24. The maximum Gasteiger partial charge on any atom is 0.253 e. The van der Waals surface area contributed by atoms with Crippen LogP contribution in [0, 0.1) is 5.92 Å². The second kappa shape index (κ2) is 9.87. The van der Waals surface area contributed by atoms with Gasteiger partial charge in [0.2, 0.25) is 5.91 Å². The number of carbonyl (C=O) groups excluding carboxylic acids is 2. The fourth-order valence-electron chi connectivity index (χ4n) is 2.25. The molecule has 0 aliphatic heterocycles. The molecule has 0 radical (unpaired) electrons. The summed E-state index contributed by atoms with van der Waals surface area (Å²) < 4.78 is 5.01. The van der Waals surface area contributed by atoms with Crippen LogP contribution in [-0.2, 0) is 9.53 Å². The molecule has 2 amide bonds. The van der Waals surface area contributed by atoms with E-state index in [9.17, 15) is 9.59 Å². The van der Waals surface area contributed by atoms with Gasteiger partial charge in [0.1, 0.15) is 6.04 Å². The Hall–Kier alpha value is -1.30. The summed E-state index contributed by atoms with van der Waals surface area (Å²) in [7, 11) is 1.57. The zero-order chi connectivity index (χ0) is 18.3. The number of hydrogen-bond donors (Lipinski definition) is 2. The summed E-state index contributed by atoms with van der Waals surface area (Å²) in [5.41, 5.74) is 0.285. The van der Waals surface area contributed by atoms with Crippen molar-refractivity contribution in [1.29, 1.82) is 0 Å². The molecule has 0 aromatic heterocycles. The highest BCUT2D eigenvalue weighted by molar-refractivity contribution is 6.36. The van der Waals surface area contributed by atoms with Gasteiger partial charge in [-0.05, 0) is 37.5 Å². The molecule has 2 atom stereocenters. The summed E-state index contributed by atoms with van der Waals surface area (Å²) in [6, 6.07) is 3.82. The van der Waals surface area contributed by atoms with E-state index in [0.29, 0.717) is 18.1 Å². The number of benzene rings is 1. The van der Waals surface area contributed by atoms with Gasteiger partial charge in [0.25, 0.3) is 5.91 Å². The molecule has 0 aliphatic carbocycles. The topological polar surface area (TPSA) is 67.4 Å². The average molecular weight is 375 g/mol. The first kappa shape index (κ1) is 20.7. The maximum absolute atomic E-state index is 12.4. The summed E-state index contributed by atoms with van der Waals surface area (Å²) in [5, 5.41) is 6.28. The number of nitrogens with one attached hydrogen (secondary N) is 2. The van der Waals surface area contributed by atoms with Crippen molar-refractivity contribution >= 4 is 35.0 Å². The predicted octanol–water partition coefficient (Wildman–Crippen LogP) is 3.29. The number of carbonyl (C=O) groups is 2. The number of ether oxygens (including phenoxy) is 1. The number of hydrogen-bond acceptors (Lipinski definition) is 3. The van der Waals surface area contributed by atoms with Crippen LogP contribution in [0.1, 0.15) is 37.6 Å². The lowest BCUT2D eigenvalue weighted by atomic mass is 10.0. The Balaban J connectivity index is 2.84. The van der Waals surface area contributed by atoms with Gasteiger partial charge in [0.15, 0.2) is 0 Å². The minimum Gasteiger partial charge on any atom is -0.383 e. The minimum atomic E-state index is -0.649. The van der Waals surface area contributed by atoms with Gasteiger partial charge < -0.3 is 15.4 Å². The first-order valence-electron chi connectivity index (χ1n) is 7.79. The molecule has 0 bridgehead atoms. The minimum absolute atomic E-state index is 0.145. The molecule has 0 saturated heterocycles. The van der Waals surface area contributed by atoms with Gasteiger partial charge in [0.05, 0.1) is 17.2 Å². The van der Waals surface area contributed by atoms with Crippen molar-refractivity contribution in [3.8, 4) is 0 Å². The molecule has 1 aromatic rings. The summed E-state index contributed by atoms with van der Waals surface area (Å²) in [6.45, 7) is 6.21. The lowest BCUT2D eigenvalue weighted by Crippen LogP contribution is -2.50. The molecule has 5 nitrogen and oxygen atoms in total. The van der Waals surface area contributed by atoms with E-state index in [0.717, 1.165) is 0 Å². The molecule has 0 saturated carbocycles. The van der Waals surface area contributed by atoms with E-state index in [1.807, 2.05) is 20.8 Å². The van der Waals surface area contributed by atoms with Crippen LogP contribution in [-0.4, -0.2) is 37.6 Å². The summed E-state index contributed by atoms with van der Waals surface area (Å²) in [4.78, 5) is 24.9. The van der Waals surface area contributed by atoms with Crippen molar-refractivity contribution in [2.45, 2.75) is 39.3 Å². The molecule has 0 aliphatic rings. The van der Waals surface area contributed by atoms with Gasteiger partial charge in [-0.1, -0.05) is 37.0 Å². The van der Waals surface area contributed by atoms with Crippen LogP contribution in [0.15, 0.2) is 18.2 Å². The molecule has 0 unspecified atom stereocenters. The van der Waals surface area contributed by atoms with Crippen LogP contribution >= 0.6 is 23.2 Å². The zero-order valence-corrected chi connectivity index (χ0v) is 15.9. The van der Waals surface area contributed by atoms with Crippen LogP contribution in [0.5, 0.6) is 0 Å². The molecule has 24 heavy (non-hydrogen) atoms. The van der Waals surface area contributed by atoms with Crippen molar-refractivity contribution in [2.75, 3.05) is 13.7 Å². The van der Waals surface area contributed by atoms with E-state index < -0.39 is 11.9 Å². The normalized spacial score (nSPS) is 13.5. The van der Waals surface area contributed by atoms with Gasteiger partial charge in [-0.2, -0.15) is 0 Å². The van der Waals surface area contributed by atoms with Gasteiger partial charge in [-0.25, -0.2) is 0 Å². The Labute approximate surface area is 153 Å². The van der Waals surface area contributed by atoms with Gasteiger partial charge in [-0.3, -0.25) is 9.59 Å². The molecule has 7 heteroatoms. The monoisotopic (exact) mass is 374 g/mol. The number of halogens is 2. The Morgan fingerprint density at radius 1 is 1.17 bits per heavy atom. The second-order valence-electron chi connectivity index (χ2n) is 6.14. The van der Waals surface area contributed by atoms with Crippen LogP contribution in [0.25, 0.3) is 0 Å². The van der Waals surface area contributed by atoms with E-state index in [-0.39, 0.29) is 28.5 Å². The third-order valence-corrected chi connectivity index (χ3v) is 3.86. The Morgan fingerprint density at radius 3 is 2.38 bits per heavy atom. The highest BCUT2D eigenvalue weighted by atomic mass is 35.5. The first-order chi connectivity index (χ1) is 11.2. The Kier molecular flexibility index (Phi) is 8.53. The van der Waals surface area contributed by atoms with Crippen molar-refractivity contribution < 1.29 is 14.3 Å². The van der Waals surface area contributed by atoms with Crippen LogP contribution in [0.2, 0.25) is 10.0 Å². The number of rotatable bonds is 8. The zero-order valence-electron chi connectivity index (χ0n) is 14.4. The third-order valence-electron chi connectivity index (χ3n) is 3.31. The fraction of sp³-hybridized carbons (Fsp3) is 0.529. The van der Waals surface area contributed by atoms with Crippen molar-refractivity contribution in [3.05, 3.63) is 33.8 Å². The van der Waals surface area contributed by atoms with E-state index in [1.165, 1.54) is 12.1 Å². The number of amides is 2. The fourth-order valence-corrected chi connectivity index (χ4v) is 2.74. The average Bonchev–Trinajstić information content (AvgIpc) is 2.45. The molecule has 0 fully saturated rings. The molecule has 2 N–H and O–H groups in total. The van der Waals surface area contributed by atoms with E-state index >= 15 is 0 Å². The third kappa shape index (κ3) is 6.67. The quantitative estimate of drug-likeness (QED) is 0.733. The summed E-state index contributed by atoms with van der Waals surface area (Å²) in [5.74, 6) is -0.414. The van der Waals surface area contributed by atoms with Crippen LogP contribution in [0.3, 0.4) is 0 Å². The SMILES string of the molecule is COC[C@H](C)NC(=O)[C@H](CC(C)C)NC(=O)c1ccc(Cl)cc1Cl. The molecule has 1 rings (SSSR count). The maximum atomic E-state index is 12.4. The molecule has 0 spiro atoms. The van der Waals surface area contributed by atoms with Crippen LogP contribution in [0.4, 0.5) is 0 Å². The smallest absolute Gasteiger partial charge is 0.253 e. The summed E-state index contributed by atoms with van der Waals surface area (Å²) in [6.07, 6.45) is 0.516. The van der Waals surface area contributed by atoms with E-state index in [2.05, 4.69) is 10.6 Å². The predicted molar refractivity (Wildman–Crippen MR) is 96.7 cm³/mol. The Morgan fingerprint density at radius 2 is 1.83 bits per heavy atom. The van der Waals surface area contributed by atoms with Crippen molar-refractivity contribution in [1.82, 2.24) is 10.6 Å². The molecule has 1 aromatic carbocycles. The standard InChI is InChI=1S/C17H24Cl2N2O3/c1-10(2)7-15(17(23)20-11(3)9-24-4)21-16(22)13-6-5-12(18)8-14(13)19/h5-6,8,10-11,15H,7,9H2,1-4H3,(H,20,23)(H,21,22)/t11-,15-/m0/s1. The molecule has 134 valence electrons. The summed E-state index contributed by atoms with van der Waals surface area (Å²) >= 11 is 11.9. The van der Waals surface area contributed by atoms with E-state index in [4.69, 9.17) is 27.9 Å². The lowest BCUT2D eigenvalue weighted by Gasteiger charge is -2.22. The van der Waals surface area contributed by atoms with Crippen molar-refractivity contribution in [2.24, 2.45) is 5.92 Å². The van der Waals surface area contributed by atoms with E-state index in [1.54, 1.807) is 13.2 Å². The molecular weight excluding hydrogens is 351 g/mol. The highest BCUT2D eigenvalue weighted by Crippen LogP contribution is 2.21. The van der Waals surface area contributed by atoms with Crippen molar-refractivity contribution in [3.63, 3.8) is 0 Å². The van der Waals surface area contributed by atoms with Gasteiger partial charge in [0, 0.05) is 18.2 Å². The number of methoxy groups -OCH3 is 1. The first-order valence-corrected chi connectivity index (χ1v) is 8.55. The second-order valence-corrected chi connectivity index (χ2v) is 6.99. The lowest BCUT2D eigenvalue weighted by molar-refractivity contribution is -0.124. The van der Waals surface area contributed by atoms with Gasteiger partial charge in [-0.15, -0.1) is 0 Å². The van der Waals surface area contributed by atoms with Gasteiger partial charge >= 0.3 is 0 Å². The van der Waals surface area contributed by atoms with Crippen LogP contribution < -0.4 is 10.6 Å². The molecule has 0 heterocycles. The molecular formula is C17H24Cl2N2O3. The largest absolute Gasteiger partial charge is 0.383 e. The Bertz CT molecular complexity index is 579.